The monoisotopic (exact) mass is 1130 g/mol. The first kappa shape index (κ1) is 57.0. The molecule has 6 aromatic heterocycles. The molecule has 6 heterocycles. The molecule has 2 N–H and O–H groups in total. The van der Waals surface area contributed by atoms with Crippen molar-refractivity contribution in [3.8, 4) is 34.3 Å². The van der Waals surface area contributed by atoms with Crippen LogP contribution in [0.25, 0.3) is 44.6 Å². The van der Waals surface area contributed by atoms with Crippen LogP contribution < -0.4 is 9.47 Å². The van der Waals surface area contributed by atoms with Crippen molar-refractivity contribution in [3.63, 3.8) is 0 Å². The van der Waals surface area contributed by atoms with E-state index >= 15 is 17.6 Å². The molecule has 16 nitrogen and oxygen atoms in total. The number of halogens is 8. The van der Waals surface area contributed by atoms with Crippen molar-refractivity contribution in [1.29, 1.82) is 0 Å². The quantitative estimate of drug-likeness (QED) is 0.0683. The summed E-state index contributed by atoms with van der Waals surface area (Å²) < 4.78 is 140. The number of aromatic nitrogens is 8. The Labute approximate surface area is 459 Å². The van der Waals surface area contributed by atoms with Gasteiger partial charge in [-0.25, -0.2) is 64.6 Å². The van der Waals surface area contributed by atoms with Gasteiger partial charge in [0, 0.05) is 75.5 Å². The predicted molar refractivity (Wildman–Crippen MR) is 279 cm³/mol. The molecule has 0 spiro atoms. The van der Waals surface area contributed by atoms with Gasteiger partial charge in [0.15, 0.2) is 11.6 Å². The Morgan fingerprint density at radius 2 is 0.902 bits per heavy atom. The summed E-state index contributed by atoms with van der Waals surface area (Å²) in [5, 5.41) is 18.7. The number of carbonyl (C=O) groups is 2. The predicted octanol–water partition coefficient (Wildman–Crippen LogP) is 11.1. The molecule has 0 unspecified atom stereocenters. The zero-order valence-corrected chi connectivity index (χ0v) is 43.1. The number of hydrogen-bond acceptors (Lipinski definition) is 12. The zero-order chi connectivity index (χ0) is 58.2. The number of benzene rings is 4. The van der Waals surface area contributed by atoms with Crippen molar-refractivity contribution >= 4 is 34.0 Å². The molecule has 0 aliphatic heterocycles. The van der Waals surface area contributed by atoms with Crippen molar-refractivity contribution in [3.05, 3.63) is 213 Å². The molecule has 0 bridgehead atoms. The van der Waals surface area contributed by atoms with Crippen LogP contribution >= 0.6 is 0 Å². The highest BCUT2D eigenvalue weighted by Crippen LogP contribution is 2.31. The van der Waals surface area contributed by atoms with Crippen molar-refractivity contribution in [2.24, 2.45) is 0 Å². The second-order valence-electron chi connectivity index (χ2n) is 18.0. The lowest BCUT2D eigenvalue weighted by molar-refractivity contribution is 0.0686. The summed E-state index contributed by atoms with van der Waals surface area (Å²) in [7, 11) is 3.03. The Hall–Kier alpha value is -9.68. The fraction of sp³-hybridized carbons (Fsp3) is 0.172. The Balaban J connectivity index is 0.000000198. The van der Waals surface area contributed by atoms with Gasteiger partial charge < -0.3 is 38.3 Å². The second kappa shape index (κ2) is 25.2. The Morgan fingerprint density at radius 1 is 0.488 bits per heavy atom. The maximum Gasteiger partial charge on any atom is 0.335 e. The standard InChI is InChI=1S/2C29H22F4N4O4/c2*1-40-8-7-37-26-10-16(29(38)39)5-6-24(26)35-27(37)11-17-9-21(32)19(13-20(17)31)23-3-2-4-28(36-23)41-15-25-22(33)12-18(30)14-34-25/h2*2-6,9-10,12-14H,7-8,11,15H2,1H3,(H,38,39). The molecule has 10 aromatic rings. The third-order valence-electron chi connectivity index (χ3n) is 12.6. The lowest BCUT2D eigenvalue weighted by Gasteiger charge is -2.12. The SMILES string of the molecule is COCCn1c(Cc2cc(F)c(-c3cccc(OCc4ncc(F)cc4F)n3)cc2F)nc2ccc(C(=O)O)cc21.COCCn1c(Cc2cc(F)c(-c3cccc(OCc4ncc(F)cc4F)n3)cc2F)nc2ccc(C(=O)O)cc21. The summed E-state index contributed by atoms with van der Waals surface area (Å²) >= 11 is 0. The molecule has 4 aromatic carbocycles. The van der Waals surface area contributed by atoms with E-state index in [1.165, 1.54) is 74.9 Å². The van der Waals surface area contributed by atoms with E-state index in [1.54, 1.807) is 21.3 Å². The number of fused-ring (bicyclic) bond motifs is 2. The number of pyridine rings is 4. The minimum absolute atomic E-state index is 0.00417. The molecular formula is C58H44F8N8O8. The van der Waals surface area contributed by atoms with E-state index in [4.69, 9.17) is 18.9 Å². The van der Waals surface area contributed by atoms with Gasteiger partial charge in [-0.2, -0.15) is 0 Å². The maximum atomic E-state index is 15.3. The number of ether oxygens (including phenoxy) is 4. The van der Waals surface area contributed by atoms with E-state index < -0.39 is 58.5 Å². The van der Waals surface area contributed by atoms with E-state index in [1.807, 2.05) is 0 Å². The summed E-state index contributed by atoms with van der Waals surface area (Å²) in [6.07, 6.45) is 1.56. The van der Waals surface area contributed by atoms with Gasteiger partial charge in [0.2, 0.25) is 11.8 Å². The summed E-state index contributed by atoms with van der Waals surface area (Å²) in [4.78, 5) is 47.6. The fourth-order valence-corrected chi connectivity index (χ4v) is 8.60. The summed E-state index contributed by atoms with van der Waals surface area (Å²) in [6, 6.07) is 23.3. The van der Waals surface area contributed by atoms with E-state index in [-0.39, 0.29) is 94.0 Å². The molecule has 0 fully saturated rings. The number of aromatic carboxylic acids is 2. The average Bonchev–Trinajstić information content (AvgIpc) is 4.11. The highest BCUT2D eigenvalue weighted by Gasteiger charge is 2.22. The van der Waals surface area contributed by atoms with Gasteiger partial charge >= 0.3 is 11.9 Å². The summed E-state index contributed by atoms with van der Waals surface area (Å²) in [5.74, 6) is -7.71. The number of carboxylic acids is 2. The maximum absolute atomic E-state index is 15.3. The van der Waals surface area contributed by atoms with E-state index in [0.29, 0.717) is 72.2 Å². The third-order valence-corrected chi connectivity index (χ3v) is 12.6. The number of methoxy groups -OCH3 is 2. The normalized spacial score (nSPS) is 11.2. The molecule has 0 saturated heterocycles. The Bertz CT molecular complexity index is 3770. The van der Waals surface area contributed by atoms with Gasteiger partial charge in [-0.3, -0.25) is 9.97 Å². The minimum Gasteiger partial charge on any atom is -0.478 e. The van der Waals surface area contributed by atoms with Gasteiger partial charge in [0.05, 0.1) is 70.2 Å². The van der Waals surface area contributed by atoms with Crippen LogP contribution in [0.3, 0.4) is 0 Å². The largest absolute Gasteiger partial charge is 0.478 e. The van der Waals surface area contributed by atoms with Crippen LogP contribution in [0.5, 0.6) is 11.8 Å². The zero-order valence-electron chi connectivity index (χ0n) is 43.1. The molecule has 0 radical (unpaired) electrons. The topological polar surface area (TPSA) is 199 Å². The van der Waals surface area contributed by atoms with Crippen LogP contribution in [0.2, 0.25) is 0 Å². The lowest BCUT2D eigenvalue weighted by Crippen LogP contribution is -2.10. The summed E-state index contributed by atoms with van der Waals surface area (Å²) in [6.45, 7) is 0.523. The molecule has 24 heteroatoms. The first-order chi connectivity index (χ1) is 39.5. The highest BCUT2D eigenvalue weighted by molar-refractivity contribution is 5.93. The first-order valence-electron chi connectivity index (χ1n) is 24.7. The van der Waals surface area contributed by atoms with Crippen LogP contribution in [0.1, 0.15) is 54.9 Å². The molecular weight excluding hydrogens is 1090 g/mol. The fourth-order valence-electron chi connectivity index (χ4n) is 8.60. The molecule has 82 heavy (non-hydrogen) atoms. The first-order valence-corrected chi connectivity index (χ1v) is 24.7. The van der Waals surface area contributed by atoms with Crippen LogP contribution in [0, 0.1) is 46.5 Å². The van der Waals surface area contributed by atoms with Gasteiger partial charge in [-0.05, 0) is 83.9 Å². The van der Waals surface area contributed by atoms with Crippen LogP contribution in [-0.4, -0.2) is 88.6 Å². The van der Waals surface area contributed by atoms with Gasteiger partial charge in [-0.15, -0.1) is 0 Å². The second-order valence-corrected chi connectivity index (χ2v) is 18.0. The molecule has 10 rings (SSSR count). The lowest BCUT2D eigenvalue weighted by atomic mass is 10.0. The average molecular weight is 1130 g/mol. The van der Waals surface area contributed by atoms with Crippen molar-refractivity contribution in [1.82, 2.24) is 39.0 Å². The molecule has 0 aliphatic carbocycles. The van der Waals surface area contributed by atoms with Crippen molar-refractivity contribution < 1.29 is 73.9 Å². The van der Waals surface area contributed by atoms with Crippen molar-refractivity contribution in [2.75, 3.05) is 27.4 Å². The third kappa shape index (κ3) is 13.1. The van der Waals surface area contributed by atoms with Gasteiger partial charge in [0.1, 0.15) is 71.2 Å². The smallest absolute Gasteiger partial charge is 0.335 e. The molecule has 0 aliphatic rings. The highest BCUT2D eigenvalue weighted by atomic mass is 19.2. The van der Waals surface area contributed by atoms with Crippen LogP contribution in [0.4, 0.5) is 35.1 Å². The molecule has 420 valence electrons. The molecule has 0 saturated carbocycles. The number of carboxylic acid groups (broad SMARTS) is 2. The minimum atomic E-state index is -1.10. The van der Waals surface area contributed by atoms with E-state index in [0.717, 1.165) is 36.7 Å². The molecule has 0 amide bonds. The number of hydrogen-bond donors (Lipinski definition) is 2. The number of nitrogens with zero attached hydrogens (tertiary/aromatic N) is 8. The van der Waals surface area contributed by atoms with Crippen LogP contribution in [0.15, 0.2) is 122 Å². The summed E-state index contributed by atoms with van der Waals surface area (Å²) in [5.41, 5.74) is 1.91. The van der Waals surface area contributed by atoms with E-state index in [9.17, 15) is 37.4 Å². The van der Waals surface area contributed by atoms with Gasteiger partial charge in [0.25, 0.3) is 0 Å². The Morgan fingerprint density at radius 3 is 1.28 bits per heavy atom. The number of imidazole rings is 2. The molecule has 0 atom stereocenters. The Kier molecular flexibility index (Phi) is 17.5. The number of rotatable bonds is 20. The van der Waals surface area contributed by atoms with Crippen LogP contribution in [-0.2, 0) is 48.6 Å². The van der Waals surface area contributed by atoms with Crippen molar-refractivity contribution in [2.45, 2.75) is 39.1 Å². The van der Waals surface area contributed by atoms with Gasteiger partial charge in [-0.1, -0.05) is 12.1 Å². The van der Waals surface area contributed by atoms with E-state index in [2.05, 4.69) is 29.9 Å².